The van der Waals surface area contributed by atoms with Crippen LogP contribution in [0.15, 0.2) is 48.5 Å². The molecule has 0 heterocycles. The number of hydrogen-bond donors (Lipinski definition) is 2. The van der Waals surface area contributed by atoms with Crippen molar-refractivity contribution in [3.8, 4) is 0 Å². The second-order valence-electron chi connectivity index (χ2n) is 5.17. The lowest BCUT2D eigenvalue weighted by Gasteiger charge is -2.07. The fraction of sp³-hybridized carbons (Fsp3) is 0.222. The van der Waals surface area contributed by atoms with Crippen LogP contribution in [0.1, 0.15) is 21.5 Å². The van der Waals surface area contributed by atoms with Gasteiger partial charge in [-0.25, -0.2) is 0 Å². The lowest BCUT2D eigenvalue weighted by molar-refractivity contribution is -0.118. The molecule has 126 valence electrons. The molecule has 0 aromatic heterocycles. The Morgan fingerprint density at radius 2 is 1.62 bits per heavy atom. The number of rotatable bonds is 7. The third kappa shape index (κ3) is 5.91. The van der Waals surface area contributed by atoms with Gasteiger partial charge in [0.15, 0.2) is 0 Å². The number of nitrogens with one attached hydrogen (secondary N) is 2. The Bertz CT molecular complexity index is 687. The van der Waals surface area contributed by atoms with Crippen molar-refractivity contribution in [1.82, 2.24) is 10.6 Å². The Morgan fingerprint density at radius 3 is 2.25 bits per heavy atom. The van der Waals surface area contributed by atoms with E-state index in [0.717, 1.165) is 16.9 Å². The summed E-state index contributed by atoms with van der Waals surface area (Å²) >= 11 is 7.39. The van der Waals surface area contributed by atoms with Crippen LogP contribution in [0, 0.1) is 0 Å². The highest BCUT2D eigenvalue weighted by atomic mass is 35.5. The maximum Gasteiger partial charge on any atom is 0.251 e. The molecule has 24 heavy (non-hydrogen) atoms. The molecule has 0 saturated heterocycles. The van der Waals surface area contributed by atoms with Gasteiger partial charge in [0.25, 0.3) is 5.91 Å². The van der Waals surface area contributed by atoms with Crippen molar-refractivity contribution in [2.75, 3.05) is 12.8 Å². The number of hydrogen-bond acceptors (Lipinski definition) is 3. The van der Waals surface area contributed by atoms with Crippen molar-refractivity contribution < 1.29 is 9.59 Å². The first-order valence-electron chi connectivity index (χ1n) is 7.48. The molecular formula is C18H19ClN2O2S. The van der Waals surface area contributed by atoms with E-state index in [2.05, 4.69) is 10.6 Å². The van der Waals surface area contributed by atoms with E-state index in [4.69, 9.17) is 11.6 Å². The number of carbonyl (C=O) groups excluding carboxylic acids is 2. The zero-order valence-corrected chi connectivity index (χ0v) is 14.9. The number of thioether (sulfide) groups is 1. The molecular weight excluding hydrogens is 344 g/mol. The van der Waals surface area contributed by atoms with Gasteiger partial charge in [-0.05, 0) is 35.4 Å². The maximum absolute atomic E-state index is 11.9. The summed E-state index contributed by atoms with van der Waals surface area (Å²) < 4.78 is 0. The number of carbonyl (C=O) groups is 2. The van der Waals surface area contributed by atoms with E-state index in [9.17, 15) is 9.59 Å². The molecule has 2 rings (SSSR count). The SMILES string of the molecule is CNC(=O)c1ccc(CNC(=O)CSCc2ccc(Cl)cc2)cc1. The molecule has 0 radical (unpaired) electrons. The second kappa shape index (κ2) is 9.35. The third-order valence-corrected chi connectivity index (χ3v) is 4.60. The Kier molecular flexibility index (Phi) is 7.15. The molecule has 2 aromatic rings. The van der Waals surface area contributed by atoms with Crippen LogP contribution in [-0.2, 0) is 17.1 Å². The van der Waals surface area contributed by atoms with Gasteiger partial charge < -0.3 is 10.6 Å². The smallest absolute Gasteiger partial charge is 0.251 e. The van der Waals surface area contributed by atoms with E-state index in [1.54, 1.807) is 30.9 Å². The highest BCUT2D eigenvalue weighted by Crippen LogP contribution is 2.15. The summed E-state index contributed by atoms with van der Waals surface area (Å²) in [6.45, 7) is 0.453. The predicted molar refractivity (Wildman–Crippen MR) is 99.3 cm³/mol. The van der Waals surface area contributed by atoms with Gasteiger partial charge in [-0.15, -0.1) is 11.8 Å². The minimum absolute atomic E-state index is 0.00987. The first-order valence-corrected chi connectivity index (χ1v) is 9.01. The van der Waals surface area contributed by atoms with E-state index in [-0.39, 0.29) is 11.8 Å². The van der Waals surface area contributed by atoms with Gasteiger partial charge in [0.1, 0.15) is 0 Å². The molecule has 0 fully saturated rings. The quantitative estimate of drug-likeness (QED) is 0.794. The molecule has 0 unspecified atom stereocenters. The van der Waals surface area contributed by atoms with Gasteiger partial charge in [0, 0.05) is 29.9 Å². The van der Waals surface area contributed by atoms with Crippen molar-refractivity contribution in [3.63, 3.8) is 0 Å². The van der Waals surface area contributed by atoms with Crippen molar-refractivity contribution in [1.29, 1.82) is 0 Å². The van der Waals surface area contributed by atoms with Gasteiger partial charge in [0.2, 0.25) is 5.91 Å². The maximum atomic E-state index is 11.9. The van der Waals surface area contributed by atoms with E-state index in [0.29, 0.717) is 22.9 Å². The standard InChI is InChI=1S/C18H19ClN2O2S/c1-20-18(23)15-6-2-13(3-7-15)10-21-17(22)12-24-11-14-4-8-16(19)9-5-14/h2-9H,10-12H2,1H3,(H,20,23)(H,21,22). The van der Waals surface area contributed by atoms with Crippen molar-refractivity contribution in [2.24, 2.45) is 0 Å². The minimum atomic E-state index is -0.121. The lowest BCUT2D eigenvalue weighted by atomic mass is 10.1. The van der Waals surface area contributed by atoms with Crippen LogP contribution in [0.4, 0.5) is 0 Å². The highest BCUT2D eigenvalue weighted by Gasteiger charge is 2.05. The predicted octanol–water partition coefficient (Wildman–Crippen LogP) is 3.25. The van der Waals surface area contributed by atoms with Crippen LogP contribution in [-0.4, -0.2) is 24.6 Å². The number of benzene rings is 2. The van der Waals surface area contributed by atoms with Gasteiger partial charge in [-0.3, -0.25) is 9.59 Å². The summed E-state index contributed by atoms with van der Waals surface area (Å²) in [5, 5.41) is 6.16. The average molecular weight is 363 g/mol. The Labute approximate surface area is 151 Å². The van der Waals surface area contributed by atoms with Crippen LogP contribution in [0.5, 0.6) is 0 Å². The summed E-state index contributed by atoms with van der Waals surface area (Å²) in [4.78, 5) is 23.3. The second-order valence-corrected chi connectivity index (χ2v) is 6.59. The molecule has 6 heteroatoms. The molecule has 0 aliphatic heterocycles. The van der Waals surface area contributed by atoms with Gasteiger partial charge in [0.05, 0.1) is 5.75 Å². The van der Waals surface area contributed by atoms with Crippen molar-refractivity contribution in [3.05, 3.63) is 70.2 Å². The van der Waals surface area contributed by atoms with Crippen LogP contribution in [0.25, 0.3) is 0 Å². The monoisotopic (exact) mass is 362 g/mol. The van der Waals surface area contributed by atoms with Crippen molar-refractivity contribution in [2.45, 2.75) is 12.3 Å². The van der Waals surface area contributed by atoms with E-state index < -0.39 is 0 Å². The Morgan fingerprint density at radius 1 is 1.00 bits per heavy atom. The highest BCUT2D eigenvalue weighted by molar-refractivity contribution is 7.99. The molecule has 0 bridgehead atoms. The zero-order chi connectivity index (χ0) is 17.4. The largest absolute Gasteiger partial charge is 0.355 e. The average Bonchev–Trinajstić information content (AvgIpc) is 2.61. The molecule has 0 atom stereocenters. The summed E-state index contributed by atoms with van der Waals surface area (Å²) in [7, 11) is 1.60. The molecule has 2 N–H and O–H groups in total. The topological polar surface area (TPSA) is 58.2 Å². The first-order chi connectivity index (χ1) is 11.6. The molecule has 0 aliphatic carbocycles. The third-order valence-electron chi connectivity index (χ3n) is 3.35. The van der Waals surface area contributed by atoms with Gasteiger partial charge in [-0.1, -0.05) is 35.9 Å². The van der Waals surface area contributed by atoms with Gasteiger partial charge >= 0.3 is 0 Å². The molecule has 0 spiro atoms. The molecule has 2 aromatic carbocycles. The summed E-state index contributed by atoms with van der Waals surface area (Å²) in [5.41, 5.74) is 2.70. The Hall–Kier alpha value is -1.98. The molecule has 0 aliphatic rings. The summed E-state index contributed by atoms with van der Waals surface area (Å²) in [6.07, 6.45) is 0. The fourth-order valence-electron chi connectivity index (χ4n) is 2.01. The van der Waals surface area contributed by atoms with E-state index in [1.807, 2.05) is 36.4 Å². The van der Waals surface area contributed by atoms with E-state index in [1.165, 1.54) is 0 Å². The molecule has 2 amide bonds. The first kappa shape index (κ1) is 18.4. The Balaban J connectivity index is 1.71. The molecule has 0 saturated carbocycles. The number of amides is 2. The zero-order valence-electron chi connectivity index (χ0n) is 13.3. The molecule has 4 nitrogen and oxygen atoms in total. The lowest BCUT2D eigenvalue weighted by Crippen LogP contribution is -2.24. The summed E-state index contributed by atoms with van der Waals surface area (Å²) in [5.74, 6) is 1.04. The summed E-state index contributed by atoms with van der Waals surface area (Å²) in [6, 6.07) is 14.8. The van der Waals surface area contributed by atoms with Crippen LogP contribution < -0.4 is 10.6 Å². The van der Waals surface area contributed by atoms with Crippen LogP contribution in [0.2, 0.25) is 5.02 Å². The van der Waals surface area contributed by atoms with Crippen LogP contribution >= 0.6 is 23.4 Å². The normalized spacial score (nSPS) is 10.2. The minimum Gasteiger partial charge on any atom is -0.355 e. The fourth-order valence-corrected chi connectivity index (χ4v) is 2.96. The van der Waals surface area contributed by atoms with Crippen LogP contribution in [0.3, 0.4) is 0 Å². The van der Waals surface area contributed by atoms with Gasteiger partial charge in [-0.2, -0.15) is 0 Å². The van der Waals surface area contributed by atoms with Crippen molar-refractivity contribution >= 4 is 35.2 Å². The number of halogens is 1. The van der Waals surface area contributed by atoms with E-state index >= 15 is 0 Å².